The van der Waals surface area contributed by atoms with Gasteiger partial charge in [-0.25, -0.2) is 4.79 Å². The number of carbonyl (C=O) groups excluding carboxylic acids is 3. The number of hydrogen-bond donors (Lipinski definition) is 0. The molecular formula is C30H25Cl4N3O5. The Morgan fingerprint density at radius 3 is 2.21 bits per heavy atom. The van der Waals surface area contributed by atoms with Crippen LogP contribution in [0.5, 0.6) is 0 Å². The lowest BCUT2D eigenvalue weighted by atomic mass is 10.1. The van der Waals surface area contributed by atoms with Gasteiger partial charge in [0.15, 0.2) is 16.4 Å². The monoisotopic (exact) mass is 647 g/mol. The van der Waals surface area contributed by atoms with Gasteiger partial charge in [0.1, 0.15) is 17.0 Å². The molecule has 8 nitrogen and oxygen atoms in total. The van der Waals surface area contributed by atoms with Crippen molar-refractivity contribution in [1.82, 2.24) is 10.1 Å². The predicted octanol–water partition coefficient (Wildman–Crippen LogP) is 8.08. The van der Waals surface area contributed by atoms with Crippen molar-refractivity contribution in [2.45, 2.75) is 37.6 Å². The van der Waals surface area contributed by atoms with Crippen LogP contribution in [0, 0.1) is 0 Å². The number of carbonyl (C=O) groups is 3. The number of Topliss-reactive ketones (excluding diaryl/α,β-unsaturated/α-hetero) is 1. The van der Waals surface area contributed by atoms with Gasteiger partial charge in [-0.15, -0.1) is 0 Å². The maximum absolute atomic E-state index is 13.1. The standard InChI is InChI=1S/C30H25Cl4N3O5/c1-30(2,3)41-29(40)18-11-9-17(10-12-18)23(38)13-15-37(28(39)27(33)34)22-8-5-14-35-26(22)24-16-21(36-42-24)25-19(31)6-4-7-20(25)32/h4-12,14,16,27H,13,15H2,1-3H3. The van der Waals surface area contributed by atoms with E-state index >= 15 is 0 Å². The number of halogens is 4. The lowest BCUT2D eigenvalue weighted by molar-refractivity contribution is -0.117. The van der Waals surface area contributed by atoms with Crippen molar-refractivity contribution in [2.75, 3.05) is 11.4 Å². The summed E-state index contributed by atoms with van der Waals surface area (Å²) in [5.41, 5.74) is 1.43. The summed E-state index contributed by atoms with van der Waals surface area (Å²) >= 11 is 24.6. The summed E-state index contributed by atoms with van der Waals surface area (Å²) in [5.74, 6) is -1.20. The van der Waals surface area contributed by atoms with Crippen LogP contribution in [0.1, 0.15) is 47.9 Å². The van der Waals surface area contributed by atoms with E-state index in [1.165, 1.54) is 35.4 Å². The van der Waals surface area contributed by atoms with Crippen LogP contribution >= 0.6 is 46.4 Å². The van der Waals surface area contributed by atoms with Crippen LogP contribution in [-0.2, 0) is 9.53 Å². The molecule has 0 unspecified atom stereocenters. The Balaban J connectivity index is 1.58. The van der Waals surface area contributed by atoms with Gasteiger partial charge in [-0.1, -0.05) is 69.8 Å². The number of amides is 1. The predicted molar refractivity (Wildman–Crippen MR) is 164 cm³/mol. The molecule has 0 fully saturated rings. The normalized spacial score (nSPS) is 11.4. The molecule has 0 saturated carbocycles. The Hall–Kier alpha value is -3.43. The summed E-state index contributed by atoms with van der Waals surface area (Å²) in [7, 11) is 0. The Kier molecular flexibility index (Phi) is 9.94. The number of benzene rings is 2. The van der Waals surface area contributed by atoms with E-state index in [2.05, 4.69) is 10.1 Å². The average molecular weight is 649 g/mol. The average Bonchev–Trinajstić information content (AvgIpc) is 3.41. The van der Waals surface area contributed by atoms with Crippen molar-refractivity contribution in [1.29, 1.82) is 0 Å². The van der Waals surface area contributed by atoms with Gasteiger partial charge < -0.3 is 14.2 Å². The SMILES string of the molecule is CC(C)(C)OC(=O)c1ccc(C(=O)CCN(C(=O)C(Cl)Cl)c2cccnc2-c2cc(-c3c(Cl)cccc3Cl)no2)cc1. The third kappa shape index (κ3) is 7.50. The highest BCUT2D eigenvalue weighted by atomic mass is 35.5. The van der Waals surface area contributed by atoms with E-state index in [1.54, 1.807) is 57.2 Å². The fourth-order valence-corrected chi connectivity index (χ4v) is 4.83. The molecule has 2 heterocycles. The number of rotatable bonds is 9. The number of alkyl halides is 2. The molecule has 1 amide bonds. The fraction of sp³-hybridized carbons (Fsp3) is 0.233. The second-order valence-corrected chi connectivity index (χ2v) is 12.0. The molecule has 0 bridgehead atoms. The van der Waals surface area contributed by atoms with Crippen LogP contribution in [0.2, 0.25) is 10.0 Å². The number of ketones is 1. The maximum atomic E-state index is 13.1. The van der Waals surface area contributed by atoms with E-state index in [9.17, 15) is 14.4 Å². The van der Waals surface area contributed by atoms with Crippen molar-refractivity contribution >= 4 is 69.8 Å². The molecule has 0 radical (unpaired) electrons. The second kappa shape index (κ2) is 13.3. The van der Waals surface area contributed by atoms with Gasteiger partial charge in [-0.05, 0) is 57.2 Å². The number of esters is 1. The molecular weight excluding hydrogens is 624 g/mol. The highest BCUT2D eigenvalue weighted by Crippen LogP contribution is 2.37. The molecule has 0 aliphatic rings. The minimum atomic E-state index is -1.41. The summed E-state index contributed by atoms with van der Waals surface area (Å²) in [5, 5.41) is 4.85. The fourth-order valence-electron chi connectivity index (χ4n) is 4.01. The zero-order valence-electron chi connectivity index (χ0n) is 22.7. The second-order valence-electron chi connectivity index (χ2n) is 10.1. The van der Waals surface area contributed by atoms with Gasteiger partial charge in [0.2, 0.25) is 0 Å². The number of hydrogen-bond acceptors (Lipinski definition) is 7. The van der Waals surface area contributed by atoms with E-state index in [0.29, 0.717) is 38.1 Å². The number of ether oxygens (including phenoxy) is 1. The van der Waals surface area contributed by atoms with Crippen molar-refractivity contribution < 1.29 is 23.6 Å². The van der Waals surface area contributed by atoms with Crippen LogP contribution in [0.3, 0.4) is 0 Å². The van der Waals surface area contributed by atoms with E-state index in [4.69, 9.17) is 55.7 Å². The number of aromatic nitrogens is 2. The Morgan fingerprint density at radius 2 is 1.60 bits per heavy atom. The minimum Gasteiger partial charge on any atom is -0.456 e. The summed E-state index contributed by atoms with van der Waals surface area (Å²) in [6.45, 7) is 5.24. The third-order valence-electron chi connectivity index (χ3n) is 5.90. The quantitative estimate of drug-likeness (QED) is 0.103. The first-order valence-electron chi connectivity index (χ1n) is 12.7. The van der Waals surface area contributed by atoms with Crippen LogP contribution in [0.25, 0.3) is 22.7 Å². The molecule has 42 heavy (non-hydrogen) atoms. The lowest BCUT2D eigenvalue weighted by Crippen LogP contribution is -2.37. The van der Waals surface area contributed by atoms with Crippen molar-refractivity contribution in [3.05, 3.63) is 88.0 Å². The van der Waals surface area contributed by atoms with E-state index in [-0.39, 0.29) is 30.2 Å². The highest BCUT2D eigenvalue weighted by Gasteiger charge is 2.27. The largest absolute Gasteiger partial charge is 0.456 e. The Bertz CT molecular complexity index is 1590. The summed E-state index contributed by atoms with van der Waals surface area (Å²) in [6.07, 6.45) is 1.44. The van der Waals surface area contributed by atoms with Crippen molar-refractivity contribution in [3.8, 4) is 22.7 Å². The minimum absolute atomic E-state index is 0.0720. The summed E-state index contributed by atoms with van der Waals surface area (Å²) in [6, 6.07) is 16.0. The molecule has 2 aromatic carbocycles. The summed E-state index contributed by atoms with van der Waals surface area (Å²) < 4.78 is 10.9. The van der Waals surface area contributed by atoms with Gasteiger partial charge in [0.05, 0.1) is 21.3 Å². The molecule has 218 valence electrons. The van der Waals surface area contributed by atoms with Gasteiger partial charge in [0.25, 0.3) is 5.91 Å². The van der Waals surface area contributed by atoms with Gasteiger partial charge in [-0.2, -0.15) is 0 Å². The zero-order valence-corrected chi connectivity index (χ0v) is 25.8. The van der Waals surface area contributed by atoms with Crippen LogP contribution in [-0.4, -0.2) is 44.8 Å². The molecule has 0 aliphatic carbocycles. The molecule has 0 atom stereocenters. The molecule has 0 saturated heterocycles. The van der Waals surface area contributed by atoms with Crippen LogP contribution in [0.15, 0.2) is 71.4 Å². The Labute approximate surface area is 262 Å². The topological polar surface area (TPSA) is 103 Å². The van der Waals surface area contributed by atoms with Crippen LogP contribution < -0.4 is 4.90 Å². The number of pyridine rings is 1. The number of anilines is 1. The van der Waals surface area contributed by atoms with Gasteiger partial charge in [0, 0.05) is 36.4 Å². The van der Waals surface area contributed by atoms with Crippen molar-refractivity contribution in [2.24, 2.45) is 0 Å². The summed E-state index contributed by atoms with van der Waals surface area (Å²) in [4.78, 5) is 42.7. The van der Waals surface area contributed by atoms with E-state index in [1.807, 2.05) is 0 Å². The molecule has 12 heteroatoms. The first-order valence-corrected chi connectivity index (χ1v) is 14.3. The van der Waals surface area contributed by atoms with Gasteiger partial charge >= 0.3 is 5.97 Å². The molecule has 0 N–H and O–H groups in total. The maximum Gasteiger partial charge on any atom is 0.338 e. The first kappa shape index (κ1) is 31.5. The van der Waals surface area contributed by atoms with E-state index < -0.39 is 22.3 Å². The lowest BCUT2D eigenvalue weighted by Gasteiger charge is -2.24. The Morgan fingerprint density at radius 1 is 0.952 bits per heavy atom. The molecule has 0 spiro atoms. The molecule has 4 rings (SSSR count). The molecule has 0 aliphatic heterocycles. The van der Waals surface area contributed by atoms with Crippen molar-refractivity contribution in [3.63, 3.8) is 0 Å². The van der Waals surface area contributed by atoms with E-state index in [0.717, 1.165) is 0 Å². The zero-order chi connectivity index (χ0) is 30.6. The first-order chi connectivity index (χ1) is 19.9. The molecule has 4 aromatic rings. The highest BCUT2D eigenvalue weighted by molar-refractivity contribution is 6.54. The molecule has 2 aromatic heterocycles. The third-order valence-corrected chi connectivity index (χ3v) is 6.90. The van der Waals surface area contributed by atoms with Crippen LogP contribution in [0.4, 0.5) is 5.69 Å². The number of nitrogens with zero attached hydrogens (tertiary/aromatic N) is 3. The smallest absolute Gasteiger partial charge is 0.338 e. The van der Waals surface area contributed by atoms with Gasteiger partial charge in [-0.3, -0.25) is 14.6 Å².